The smallest absolute Gasteiger partial charge is 0.338 e. The average molecular weight is 468 g/mol. The summed E-state index contributed by atoms with van der Waals surface area (Å²) < 4.78 is 21.9. The molecule has 5 rings (SSSR count). The maximum Gasteiger partial charge on any atom is 0.338 e. The topological polar surface area (TPSA) is 93.2 Å². The molecule has 0 radical (unpaired) electrons. The first-order valence-electron chi connectivity index (χ1n) is 10.4. The number of pyridine rings is 1. The van der Waals surface area contributed by atoms with E-state index in [1.165, 1.54) is 29.0 Å². The molecule has 0 amide bonds. The molecule has 0 N–H and O–H groups in total. The maximum atomic E-state index is 13.9. The van der Waals surface area contributed by atoms with E-state index in [1.807, 2.05) is 11.0 Å². The summed E-state index contributed by atoms with van der Waals surface area (Å²) in [6.45, 7) is 2.46. The van der Waals surface area contributed by atoms with Crippen LogP contribution in [0, 0.1) is 24.1 Å². The number of hydrogen-bond donors (Lipinski definition) is 0. The summed E-state index contributed by atoms with van der Waals surface area (Å²) >= 11 is 6.05. The van der Waals surface area contributed by atoms with Crippen LogP contribution in [0.25, 0.3) is 16.8 Å². The van der Waals surface area contributed by atoms with Gasteiger partial charge in [0, 0.05) is 12.7 Å². The first-order valence-corrected chi connectivity index (χ1v) is 10.8. The molecule has 33 heavy (non-hydrogen) atoms. The normalized spacial score (nSPS) is 19.2. The van der Waals surface area contributed by atoms with E-state index < -0.39 is 17.1 Å². The molecular weight excluding hydrogens is 449 g/mol. The summed E-state index contributed by atoms with van der Waals surface area (Å²) in [5.41, 5.74) is 0.318. The molecule has 3 aromatic rings. The Balaban J connectivity index is 1.88. The monoisotopic (exact) mass is 467 g/mol. The lowest BCUT2D eigenvalue weighted by molar-refractivity contribution is 0.0986. The largest absolute Gasteiger partial charge is 0.374 e. The predicted molar refractivity (Wildman–Crippen MR) is 120 cm³/mol. The highest BCUT2D eigenvalue weighted by Crippen LogP contribution is 2.37. The number of fused-ring (bicyclic) bond motifs is 2. The summed E-state index contributed by atoms with van der Waals surface area (Å²) in [4.78, 5) is 33.5. The molecule has 168 valence electrons. The molecule has 0 aliphatic carbocycles. The number of nitriles is 1. The Hall–Kier alpha value is -3.48. The van der Waals surface area contributed by atoms with Gasteiger partial charge < -0.3 is 9.64 Å². The fourth-order valence-electron chi connectivity index (χ4n) is 4.60. The molecule has 0 unspecified atom stereocenters. The Kier molecular flexibility index (Phi) is 5.27. The molecular formula is C23H19ClFN5O3. The second-order valence-electron chi connectivity index (χ2n) is 8.21. The van der Waals surface area contributed by atoms with Gasteiger partial charge in [-0.1, -0.05) is 17.7 Å². The number of ether oxygens (including phenoxy) is 1. The van der Waals surface area contributed by atoms with Crippen molar-refractivity contribution >= 4 is 17.4 Å². The lowest BCUT2D eigenvalue weighted by Gasteiger charge is -2.32. The van der Waals surface area contributed by atoms with Gasteiger partial charge in [0.15, 0.2) is 0 Å². The highest BCUT2D eigenvalue weighted by molar-refractivity contribution is 6.31. The van der Waals surface area contributed by atoms with Gasteiger partial charge in [-0.2, -0.15) is 5.26 Å². The molecule has 2 aromatic heterocycles. The van der Waals surface area contributed by atoms with E-state index in [9.17, 15) is 19.2 Å². The van der Waals surface area contributed by atoms with E-state index in [4.69, 9.17) is 16.3 Å². The number of hydrogen-bond acceptors (Lipinski definition) is 6. The molecule has 4 heterocycles. The molecule has 1 aromatic carbocycles. The summed E-state index contributed by atoms with van der Waals surface area (Å²) in [5.74, 6) is -0.300. The average Bonchev–Trinajstić information content (AvgIpc) is 3.41. The van der Waals surface area contributed by atoms with Crippen LogP contribution in [0.2, 0.25) is 5.02 Å². The zero-order chi connectivity index (χ0) is 23.3. The van der Waals surface area contributed by atoms with Crippen molar-refractivity contribution in [3.05, 3.63) is 73.9 Å². The number of anilines is 1. The fourth-order valence-corrected chi connectivity index (χ4v) is 4.79. The quantitative estimate of drug-likeness (QED) is 0.585. The Morgan fingerprint density at radius 1 is 1.30 bits per heavy atom. The van der Waals surface area contributed by atoms with Crippen LogP contribution < -0.4 is 16.1 Å². The van der Waals surface area contributed by atoms with Gasteiger partial charge >= 0.3 is 5.69 Å². The van der Waals surface area contributed by atoms with Crippen molar-refractivity contribution in [2.45, 2.75) is 32.0 Å². The van der Waals surface area contributed by atoms with E-state index >= 15 is 0 Å². The molecule has 8 nitrogen and oxygen atoms in total. The van der Waals surface area contributed by atoms with E-state index in [2.05, 4.69) is 4.98 Å². The molecule has 2 aliphatic rings. The first kappa shape index (κ1) is 21.4. The minimum absolute atomic E-state index is 0.0197. The highest BCUT2D eigenvalue weighted by atomic mass is 35.5. The molecule has 2 fully saturated rings. The zero-order valence-electron chi connectivity index (χ0n) is 17.7. The van der Waals surface area contributed by atoms with Crippen molar-refractivity contribution in [3.63, 3.8) is 0 Å². The second-order valence-corrected chi connectivity index (χ2v) is 8.62. The second kappa shape index (κ2) is 8.14. The van der Waals surface area contributed by atoms with Crippen molar-refractivity contribution in [2.24, 2.45) is 0 Å². The molecule has 2 bridgehead atoms. The van der Waals surface area contributed by atoms with Crippen molar-refractivity contribution < 1.29 is 9.13 Å². The lowest BCUT2D eigenvalue weighted by atomic mass is 10.1. The van der Waals surface area contributed by atoms with Crippen LogP contribution in [-0.4, -0.2) is 39.4 Å². The predicted octanol–water partition coefficient (Wildman–Crippen LogP) is 2.66. The van der Waals surface area contributed by atoms with E-state index in [1.54, 1.807) is 19.2 Å². The molecule has 0 saturated carbocycles. The molecule has 0 spiro atoms. The molecule has 2 aliphatic heterocycles. The minimum Gasteiger partial charge on any atom is -0.374 e. The summed E-state index contributed by atoms with van der Waals surface area (Å²) in [7, 11) is 0. The SMILES string of the molecule is Cc1cncc(-n2c(=O)c(-c3ccc(F)c(Cl)c3)c(N3C[C@@H]4C[C@H]3CO4)n(CC#N)c2=O)c1. The van der Waals surface area contributed by atoms with Crippen LogP contribution >= 0.6 is 11.6 Å². The van der Waals surface area contributed by atoms with Crippen molar-refractivity contribution in [1.29, 1.82) is 5.26 Å². The Bertz CT molecular complexity index is 1430. The summed E-state index contributed by atoms with van der Waals surface area (Å²) in [6, 6.07) is 7.65. The standard InChI is InChI=1S/C23H19ClFN5O3/c1-13-6-15(10-27-9-13)30-22(31)20(14-2-3-19(25)18(24)7-14)21(28(5-4-26)23(30)32)29-11-17-8-16(29)12-33-17/h2-3,6-7,9-10,16-17H,5,8,11-12H2,1H3/t16-,17-/m0/s1. The van der Waals surface area contributed by atoms with Crippen LogP contribution in [0.3, 0.4) is 0 Å². The van der Waals surface area contributed by atoms with Crippen LogP contribution in [-0.2, 0) is 11.3 Å². The molecule has 10 heteroatoms. The number of benzene rings is 1. The van der Waals surface area contributed by atoms with Gasteiger partial charge in [-0.15, -0.1) is 0 Å². The number of halogens is 2. The van der Waals surface area contributed by atoms with Crippen LogP contribution in [0.15, 0.2) is 46.2 Å². The van der Waals surface area contributed by atoms with E-state index in [-0.39, 0.29) is 35.0 Å². The van der Waals surface area contributed by atoms with Crippen LogP contribution in [0.1, 0.15) is 12.0 Å². The van der Waals surface area contributed by atoms with Crippen LogP contribution in [0.4, 0.5) is 10.2 Å². The number of rotatable bonds is 4. The third kappa shape index (κ3) is 3.52. The molecule has 2 saturated heterocycles. The van der Waals surface area contributed by atoms with Gasteiger partial charge in [0.25, 0.3) is 5.56 Å². The Morgan fingerprint density at radius 2 is 2.12 bits per heavy atom. The van der Waals surface area contributed by atoms with Gasteiger partial charge in [-0.25, -0.2) is 13.8 Å². The highest BCUT2D eigenvalue weighted by Gasteiger charge is 2.42. The first-order chi connectivity index (χ1) is 15.9. The third-order valence-corrected chi connectivity index (χ3v) is 6.34. The lowest BCUT2D eigenvalue weighted by Crippen LogP contribution is -2.46. The van der Waals surface area contributed by atoms with Crippen LogP contribution in [0.5, 0.6) is 0 Å². The number of aryl methyl sites for hydroxylation is 1. The Morgan fingerprint density at radius 3 is 2.76 bits per heavy atom. The third-order valence-electron chi connectivity index (χ3n) is 6.05. The zero-order valence-corrected chi connectivity index (χ0v) is 18.4. The maximum absolute atomic E-state index is 13.9. The fraction of sp³-hybridized carbons (Fsp3) is 0.304. The van der Waals surface area contributed by atoms with Crippen molar-refractivity contribution in [3.8, 4) is 22.9 Å². The van der Waals surface area contributed by atoms with Gasteiger partial charge in [0.05, 0.1) is 47.3 Å². The van der Waals surface area contributed by atoms with Gasteiger partial charge in [-0.3, -0.25) is 14.3 Å². The number of morpholine rings is 1. The number of nitrogens with zero attached hydrogens (tertiary/aromatic N) is 5. The minimum atomic E-state index is -0.649. The van der Waals surface area contributed by atoms with E-state index in [0.717, 1.165) is 16.6 Å². The van der Waals surface area contributed by atoms with Crippen molar-refractivity contribution in [1.82, 2.24) is 14.1 Å². The Labute approximate surface area is 193 Å². The van der Waals surface area contributed by atoms with E-state index in [0.29, 0.717) is 24.5 Å². The van der Waals surface area contributed by atoms with Gasteiger partial charge in [0.1, 0.15) is 18.2 Å². The summed E-state index contributed by atoms with van der Waals surface area (Å²) in [6.07, 6.45) is 3.76. The van der Waals surface area contributed by atoms with Gasteiger partial charge in [0.2, 0.25) is 0 Å². The number of aromatic nitrogens is 3. The summed E-state index contributed by atoms with van der Waals surface area (Å²) in [5, 5.41) is 9.39. The molecule has 2 atom stereocenters. The van der Waals surface area contributed by atoms with Gasteiger partial charge in [-0.05, 0) is 42.7 Å². The van der Waals surface area contributed by atoms with Crippen molar-refractivity contribution in [2.75, 3.05) is 18.1 Å².